The molecule has 0 saturated heterocycles. The molecule has 0 N–H and O–H groups in total. The van der Waals surface area contributed by atoms with Crippen molar-refractivity contribution in [1.82, 2.24) is 9.55 Å². The van der Waals surface area contributed by atoms with E-state index in [1.807, 2.05) is 0 Å². The summed E-state index contributed by atoms with van der Waals surface area (Å²) in [5, 5.41) is 10.7. The van der Waals surface area contributed by atoms with Gasteiger partial charge < -0.3 is 14.9 Å². The zero-order chi connectivity index (χ0) is 12.3. The molecular formula is C9H13N3O4. The van der Waals surface area contributed by atoms with Gasteiger partial charge in [0.15, 0.2) is 11.9 Å². The number of nitrogens with zero attached hydrogens (tertiary/aromatic N) is 3. The van der Waals surface area contributed by atoms with Gasteiger partial charge >= 0.3 is 11.8 Å². The summed E-state index contributed by atoms with van der Waals surface area (Å²) in [6.45, 7) is 5.06. The van der Waals surface area contributed by atoms with Gasteiger partial charge in [-0.05, 0) is 18.8 Å². The molecule has 7 heteroatoms. The van der Waals surface area contributed by atoms with Crippen LogP contribution in [0.2, 0.25) is 0 Å². The van der Waals surface area contributed by atoms with Crippen molar-refractivity contribution in [1.29, 1.82) is 0 Å². The molecule has 7 nitrogen and oxygen atoms in total. The maximum atomic E-state index is 11.5. The monoisotopic (exact) mass is 227 g/mol. The lowest BCUT2D eigenvalue weighted by atomic mass is 10.3. The molecule has 0 aliphatic carbocycles. The number of carbonyl (C=O) groups excluding carboxylic acids is 1. The van der Waals surface area contributed by atoms with Gasteiger partial charge in [0.05, 0.1) is 6.61 Å². The molecule has 0 spiro atoms. The van der Waals surface area contributed by atoms with Crippen LogP contribution in [-0.4, -0.2) is 27.1 Å². The van der Waals surface area contributed by atoms with Gasteiger partial charge in [-0.2, -0.15) is 4.57 Å². The number of hydrogen-bond acceptors (Lipinski definition) is 5. The lowest BCUT2D eigenvalue weighted by Gasteiger charge is -2.10. The Morgan fingerprint density at radius 1 is 1.75 bits per heavy atom. The first-order valence-electron chi connectivity index (χ1n) is 4.83. The van der Waals surface area contributed by atoms with Crippen LogP contribution in [0.3, 0.4) is 0 Å². The molecule has 0 aromatic carbocycles. The van der Waals surface area contributed by atoms with Gasteiger partial charge in [0, 0.05) is 6.92 Å². The molecule has 16 heavy (non-hydrogen) atoms. The molecule has 0 aliphatic heterocycles. The molecule has 1 heterocycles. The van der Waals surface area contributed by atoms with E-state index in [1.165, 1.54) is 4.57 Å². The van der Waals surface area contributed by atoms with Crippen molar-refractivity contribution in [3.8, 4) is 0 Å². The number of carbonyl (C=O) groups is 1. The van der Waals surface area contributed by atoms with Gasteiger partial charge in [-0.1, -0.05) is 0 Å². The van der Waals surface area contributed by atoms with Crippen LogP contribution in [-0.2, 0) is 9.53 Å². The molecule has 1 aromatic heterocycles. The summed E-state index contributed by atoms with van der Waals surface area (Å²) < 4.78 is 6.06. The topological polar surface area (TPSA) is 87.3 Å². The molecule has 1 rings (SSSR count). The first kappa shape index (κ1) is 12.2. The van der Waals surface area contributed by atoms with E-state index in [1.54, 1.807) is 20.8 Å². The normalized spacial score (nSPS) is 12.2. The van der Waals surface area contributed by atoms with Gasteiger partial charge in [-0.25, -0.2) is 9.78 Å². The first-order valence-corrected chi connectivity index (χ1v) is 4.83. The third kappa shape index (κ3) is 2.18. The lowest BCUT2D eigenvalue weighted by molar-refractivity contribution is -0.392. The van der Waals surface area contributed by atoms with Crippen molar-refractivity contribution in [2.24, 2.45) is 0 Å². The Morgan fingerprint density at radius 2 is 2.38 bits per heavy atom. The maximum Gasteiger partial charge on any atom is 0.351 e. The second-order valence-corrected chi connectivity index (χ2v) is 3.22. The Balaban J connectivity index is 3.06. The second kappa shape index (κ2) is 4.73. The predicted molar refractivity (Wildman–Crippen MR) is 55.0 cm³/mol. The largest absolute Gasteiger partial charge is 0.463 e. The quantitative estimate of drug-likeness (QED) is 0.438. The van der Waals surface area contributed by atoms with Crippen LogP contribution in [0.4, 0.5) is 5.82 Å². The molecule has 0 fully saturated rings. The summed E-state index contributed by atoms with van der Waals surface area (Å²) in [5.41, 5.74) is 0. The van der Waals surface area contributed by atoms with E-state index in [2.05, 4.69) is 4.98 Å². The third-order valence-corrected chi connectivity index (χ3v) is 2.16. The van der Waals surface area contributed by atoms with E-state index in [0.717, 1.165) is 6.20 Å². The van der Waals surface area contributed by atoms with E-state index in [9.17, 15) is 14.9 Å². The van der Waals surface area contributed by atoms with E-state index in [4.69, 9.17) is 4.74 Å². The lowest BCUT2D eigenvalue weighted by Crippen LogP contribution is -2.21. The number of nitro groups is 1. The highest BCUT2D eigenvalue weighted by atomic mass is 16.6. The van der Waals surface area contributed by atoms with E-state index in [-0.39, 0.29) is 12.4 Å². The molecule has 0 amide bonds. The molecule has 0 aliphatic rings. The number of esters is 1. The minimum atomic E-state index is -0.747. The average molecular weight is 227 g/mol. The average Bonchev–Trinajstić information content (AvgIpc) is 2.59. The molecule has 0 bridgehead atoms. The van der Waals surface area contributed by atoms with Gasteiger partial charge in [0.1, 0.15) is 6.20 Å². The van der Waals surface area contributed by atoms with Crippen molar-refractivity contribution < 1.29 is 14.5 Å². The smallest absolute Gasteiger partial charge is 0.351 e. The fraction of sp³-hybridized carbons (Fsp3) is 0.556. The van der Waals surface area contributed by atoms with Crippen molar-refractivity contribution in [2.45, 2.75) is 26.8 Å². The van der Waals surface area contributed by atoms with Gasteiger partial charge in [0.2, 0.25) is 0 Å². The molecule has 0 radical (unpaired) electrons. The van der Waals surface area contributed by atoms with Crippen LogP contribution in [0.1, 0.15) is 25.7 Å². The molecule has 1 aromatic rings. The fourth-order valence-corrected chi connectivity index (χ4v) is 1.42. The molecule has 0 unspecified atom stereocenters. The molecule has 88 valence electrons. The number of hydrogen-bond donors (Lipinski definition) is 0. The Labute approximate surface area is 92.2 Å². The zero-order valence-electron chi connectivity index (χ0n) is 9.34. The summed E-state index contributed by atoms with van der Waals surface area (Å²) in [6, 6.07) is -0.747. The Hall–Kier alpha value is -1.92. The minimum absolute atomic E-state index is 0.210. The number of ether oxygens (including phenoxy) is 1. The van der Waals surface area contributed by atoms with Crippen LogP contribution in [0, 0.1) is 17.0 Å². The molecular weight excluding hydrogens is 214 g/mol. The highest BCUT2D eigenvalue weighted by Crippen LogP contribution is 2.20. The maximum absolute atomic E-state index is 11.5. The predicted octanol–water partition coefficient (Wildman–Crippen LogP) is 1.22. The highest BCUT2D eigenvalue weighted by Gasteiger charge is 2.28. The Bertz CT molecular complexity index is 413. The third-order valence-electron chi connectivity index (χ3n) is 2.16. The highest BCUT2D eigenvalue weighted by molar-refractivity contribution is 5.74. The van der Waals surface area contributed by atoms with Gasteiger partial charge in [0.25, 0.3) is 0 Å². The summed E-state index contributed by atoms with van der Waals surface area (Å²) in [4.78, 5) is 25.4. The number of imidazole rings is 1. The first-order chi connectivity index (χ1) is 7.49. The Morgan fingerprint density at radius 3 is 2.88 bits per heavy atom. The zero-order valence-corrected chi connectivity index (χ0v) is 9.34. The standard InChI is InChI=1S/C9H13N3O4/c1-4-16-9(13)6(2)11-7(3)10-5-8(11)12(14)15/h5-6H,4H2,1-3H3/t6-/m0/s1. The van der Waals surface area contributed by atoms with E-state index in [0.29, 0.717) is 5.82 Å². The van der Waals surface area contributed by atoms with Crippen molar-refractivity contribution >= 4 is 11.8 Å². The number of aryl methyl sites for hydroxylation is 1. The summed E-state index contributed by atoms with van der Waals surface area (Å²) in [7, 11) is 0. The SMILES string of the molecule is CCOC(=O)[C@H](C)n1c([N+](=O)[O-])cnc1C. The van der Waals surface area contributed by atoms with Crippen LogP contribution >= 0.6 is 0 Å². The van der Waals surface area contributed by atoms with E-state index >= 15 is 0 Å². The fourth-order valence-electron chi connectivity index (χ4n) is 1.42. The molecule has 0 saturated carbocycles. The molecule has 1 atom stereocenters. The van der Waals surface area contributed by atoms with Crippen LogP contribution < -0.4 is 0 Å². The van der Waals surface area contributed by atoms with Crippen LogP contribution in [0.5, 0.6) is 0 Å². The summed E-state index contributed by atoms with van der Waals surface area (Å²) in [6.07, 6.45) is 1.13. The minimum Gasteiger partial charge on any atom is -0.463 e. The van der Waals surface area contributed by atoms with Crippen LogP contribution in [0.15, 0.2) is 6.20 Å². The van der Waals surface area contributed by atoms with E-state index < -0.39 is 16.9 Å². The number of aromatic nitrogens is 2. The summed E-state index contributed by atoms with van der Waals surface area (Å²) >= 11 is 0. The van der Waals surface area contributed by atoms with Gasteiger partial charge in [-0.3, -0.25) is 0 Å². The van der Waals surface area contributed by atoms with Crippen molar-refractivity contribution in [3.63, 3.8) is 0 Å². The second-order valence-electron chi connectivity index (χ2n) is 3.22. The van der Waals surface area contributed by atoms with Crippen molar-refractivity contribution in [3.05, 3.63) is 22.1 Å². The Kier molecular flexibility index (Phi) is 3.60. The summed E-state index contributed by atoms with van der Waals surface area (Å²) in [5.74, 6) is -0.308. The number of rotatable bonds is 4. The van der Waals surface area contributed by atoms with Crippen molar-refractivity contribution in [2.75, 3.05) is 6.61 Å². The van der Waals surface area contributed by atoms with Gasteiger partial charge in [-0.15, -0.1) is 0 Å². The van der Waals surface area contributed by atoms with Crippen LogP contribution in [0.25, 0.3) is 0 Å².